The smallest absolute Gasteiger partial charge is 0.250 e. The third kappa shape index (κ3) is 7.25. The standard InChI is InChI=1S/C44H58O3Si3/c1-19-30-22-25-33(45-48(13,14)42(4,5)6)28-34(30)41-39-31(20-2)23-26-37(46-49(15,16)43(7,8)9)35(39)29-36-38(27-24-32(21-3)40(36)41)47-50(17,18)44(10,11)12/h1-3,22-28,41H,29H2,4-18H3. The minimum atomic E-state index is -2.25. The Morgan fingerprint density at radius 1 is 0.540 bits per heavy atom. The van der Waals surface area contributed by atoms with Gasteiger partial charge < -0.3 is 13.3 Å². The second-order valence-electron chi connectivity index (χ2n) is 18.4. The first-order chi connectivity index (χ1) is 22.8. The Kier molecular flexibility index (Phi) is 10.3. The summed E-state index contributed by atoms with van der Waals surface area (Å²) in [6, 6.07) is 14.3. The van der Waals surface area contributed by atoms with Gasteiger partial charge in [-0.05, 0) is 114 Å². The molecule has 264 valence electrons. The summed E-state index contributed by atoms with van der Waals surface area (Å²) in [7, 11) is -6.67. The Morgan fingerprint density at radius 2 is 0.900 bits per heavy atom. The van der Waals surface area contributed by atoms with Crippen molar-refractivity contribution in [3.8, 4) is 54.3 Å². The van der Waals surface area contributed by atoms with Crippen molar-refractivity contribution >= 4 is 25.0 Å². The lowest BCUT2D eigenvalue weighted by Crippen LogP contribution is -2.44. The highest BCUT2D eigenvalue weighted by Gasteiger charge is 2.44. The molecule has 0 saturated carbocycles. The van der Waals surface area contributed by atoms with Crippen LogP contribution in [0.1, 0.15) is 113 Å². The fourth-order valence-corrected chi connectivity index (χ4v) is 8.78. The maximum Gasteiger partial charge on any atom is 0.250 e. The molecule has 0 aromatic heterocycles. The van der Waals surface area contributed by atoms with Crippen LogP contribution in [0.3, 0.4) is 0 Å². The van der Waals surface area contributed by atoms with Gasteiger partial charge in [0, 0.05) is 40.2 Å². The number of benzene rings is 3. The van der Waals surface area contributed by atoms with Crippen molar-refractivity contribution in [1.82, 2.24) is 0 Å². The normalized spacial score (nSPS) is 14.1. The fraction of sp³-hybridized carbons (Fsp3) is 0.455. The third-order valence-corrected chi connectivity index (χ3v) is 24.9. The number of rotatable bonds is 7. The average molecular weight is 719 g/mol. The summed E-state index contributed by atoms with van der Waals surface area (Å²) in [6.45, 7) is 33.9. The lowest BCUT2D eigenvalue weighted by atomic mass is 9.70. The predicted octanol–water partition coefficient (Wildman–Crippen LogP) is 11.9. The van der Waals surface area contributed by atoms with E-state index in [-0.39, 0.29) is 21.0 Å². The van der Waals surface area contributed by atoms with E-state index in [4.69, 9.17) is 32.5 Å². The van der Waals surface area contributed by atoms with Gasteiger partial charge in [0.2, 0.25) is 25.0 Å². The molecule has 0 unspecified atom stereocenters. The molecule has 0 amide bonds. The first kappa shape index (κ1) is 39.2. The van der Waals surface area contributed by atoms with Crippen LogP contribution in [-0.4, -0.2) is 25.0 Å². The molecule has 1 aliphatic carbocycles. The Hall–Kier alpha value is -3.61. The van der Waals surface area contributed by atoms with Crippen molar-refractivity contribution in [3.63, 3.8) is 0 Å². The van der Waals surface area contributed by atoms with Gasteiger partial charge in [0.15, 0.2) is 0 Å². The molecule has 0 heterocycles. The molecule has 3 aromatic carbocycles. The summed E-state index contributed by atoms with van der Waals surface area (Å²) < 4.78 is 21.2. The SMILES string of the molecule is C#Cc1ccc(O[Si](C)(C)C(C)(C)C)cc1C1c2c(C#C)ccc(O[Si](C)(C)C(C)(C)C)c2Cc2c(O[Si](C)(C)C(C)(C)C)ccc(C#C)c21. The van der Waals surface area contributed by atoms with Crippen LogP contribution in [0.4, 0.5) is 0 Å². The van der Waals surface area contributed by atoms with Gasteiger partial charge in [-0.3, -0.25) is 0 Å². The van der Waals surface area contributed by atoms with E-state index in [0.717, 1.165) is 61.8 Å². The van der Waals surface area contributed by atoms with Crippen LogP contribution in [0.5, 0.6) is 17.2 Å². The molecule has 0 N–H and O–H groups in total. The van der Waals surface area contributed by atoms with Gasteiger partial charge in [-0.15, -0.1) is 19.3 Å². The molecule has 0 bridgehead atoms. The lowest BCUT2D eigenvalue weighted by Gasteiger charge is -2.41. The van der Waals surface area contributed by atoms with Gasteiger partial charge >= 0.3 is 0 Å². The van der Waals surface area contributed by atoms with Crippen LogP contribution in [0, 0.1) is 37.0 Å². The summed E-state index contributed by atoms with van der Waals surface area (Å²) in [5.74, 6) is 11.2. The molecule has 0 aliphatic heterocycles. The molecule has 1 aliphatic rings. The Morgan fingerprint density at radius 3 is 1.26 bits per heavy atom. The van der Waals surface area contributed by atoms with Crippen LogP contribution in [0.25, 0.3) is 0 Å². The van der Waals surface area contributed by atoms with E-state index < -0.39 is 25.0 Å². The minimum Gasteiger partial charge on any atom is -0.543 e. The molecule has 4 rings (SSSR count). The highest BCUT2D eigenvalue weighted by molar-refractivity contribution is 6.75. The molecule has 3 aromatic rings. The molecule has 50 heavy (non-hydrogen) atoms. The Labute approximate surface area is 307 Å². The topological polar surface area (TPSA) is 27.7 Å². The molecular formula is C44H58O3Si3. The van der Waals surface area contributed by atoms with Crippen molar-refractivity contribution in [2.75, 3.05) is 0 Å². The maximum absolute atomic E-state index is 7.14. The van der Waals surface area contributed by atoms with Gasteiger partial charge in [-0.1, -0.05) is 80.1 Å². The number of fused-ring (bicyclic) bond motifs is 2. The lowest BCUT2D eigenvalue weighted by molar-refractivity contribution is 0.479. The first-order valence-corrected chi connectivity index (χ1v) is 26.4. The zero-order chi connectivity index (χ0) is 37.8. The van der Waals surface area contributed by atoms with E-state index in [1.165, 1.54) is 0 Å². The zero-order valence-corrected chi connectivity index (χ0v) is 36.3. The molecule has 0 atom stereocenters. The molecule has 3 nitrogen and oxygen atoms in total. The molecule has 0 radical (unpaired) electrons. The van der Waals surface area contributed by atoms with Crippen molar-refractivity contribution in [2.45, 2.75) is 129 Å². The van der Waals surface area contributed by atoms with Gasteiger partial charge in [0.1, 0.15) is 17.2 Å². The van der Waals surface area contributed by atoms with Crippen LogP contribution in [-0.2, 0) is 6.42 Å². The average Bonchev–Trinajstić information content (AvgIpc) is 2.98. The molecule has 0 fully saturated rings. The van der Waals surface area contributed by atoms with E-state index in [1.54, 1.807) is 0 Å². The van der Waals surface area contributed by atoms with Gasteiger partial charge in [-0.25, -0.2) is 0 Å². The monoisotopic (exact) mass is 718 g/mol. The maximum atomic E-state index is 7.14. The number of hydrogen-bond donors (Lipinski definition) is 0. The van der Waals surface area contributed by atoms with Crippen LogP contribution < -0.4 is 13.3 Å². The highest BCUT2D eigenvalue weighted by Crippen LogP contribution is 2.52. The predicted molar refractivity (Wildman–Crippen MR) is 220 cm³/mol. The molecule has 0 spiro atoms. The molecule has 6 heteroatoms. The van der Waals surface area contributed by atoms with Crippen molar-refractivity contribution in [2.24, 2.45) is 0 Å². The number of hydrogen-bond acceptors (Lipinski definition) is 3. The van der Waals surface area contributed by atoms with E-state index in [1.807, 2.05) is 24.3 Å². The highest BCUT2D eigenvalue weighted by atomic mass is 28.4. The van der Waals surface area contributed by atoms with Crippen LogP contribution in [0.15, 0.2) is 42.5 Å². The van der Waals surface area contributed by atoms with E-state index >= 15 is 0 Å². The van der Waals surface area contributed by atoms with Crippen LogP contribution in [0.2, 0.25) is 54.4 Å². The third-order valence-electron chi connectivity index (χ3n) is 11.9. The van der Waals surface area contributed by atoms with Gasteiger partial charge in [0.25, 0.3) is 0 Å². The van der Waals surface area contributed by atoms with Crippen molar-refractivity contribution in [1.29, 1.82) is 0 Å². The van der Waals surface area contributed by atoms with E-state index in [0.29, 0.717) is 6.42 Å². The summed E-state index contributed by atoms with van der Waals surface area (Å²) in [5, 5.41) is 0.00708. The minimum absolute atomic E-state index is 0.00402. The summed E-state index contributed by atoms with van der Waals surface area (Å²) >= 11 is 0. The first-order valence-electron chi connectivity index (χ1n) is 17.7. The molecule has 0 saturated heterocycles. The van der Waals surface area contributed by atoms with Crippen LogP contribution >= 0.6 is 0 Å². The summed E-state index contributed by atoms with van der Waals surface area (Å²) in [6.07, 6.45) is 19.6. The van der Waals surface area contributed by atoms with E-state index in [2.05, 4.69) is 138 Å². The fourth-order valence-electron chi connectivity index (χ4n) is 5.67. The van der Waals surface area contributed by atoms with Crippen molar-refractivity contribution in [3.05, 3.63) is 87.0 Å². The summed E-state index contributed by atoms with van der Waals surface area (Å²) in [5.41, 5.74) is 7.47. The molecular weight excluding hydrogens is 661 g/mol. The quantitative estimate of drug-likeness (QED) is 0.141. The van der Waals surface area contributed by atoms with Gasteiger partial charge in [-0.2, -0.15) is 0 Å². The number of terminal acetylenes is 3. The largest absolute Gasteiger partial charge is 0.543 e. The second-order valence-corrected chi connectivity index (χ2v) is 32.6. The Bertz CT molecular complexity index is 1830. The van der Waals surface area contributed by atoms with Gasteiger partial charge in [0.05, 0.1) is 0 Å². The Balaban J connectivity index is 2.16. The zero-order valence-electron chi connectivity index (χ0n) is 33.3. The second kappa shape index (κ2) is 13.2. The van der Waals surface area contributed by atoms with E-state index in [9.17, 15) is 0 Å². The van der Waals surface area contributed by atoms with Crippen molar-refractivity contribution < 1.29 is 13.3 Å². The summed E-state index contributed by atoms with van der Waals surface area (Å²) in [4.78, 5) is 0.